The van der Waals surface area contributed by atoms with Gasteiger partial charge in [-0.1, -0.05) is 39.5 Å². The van der Waals surface area contributed by atoms with Crippen molar-refractivity contribution in [2.75, 3.05) is 0 Å². The molecule has 1 aliphatic heterocycles. The van der Waals surface area contributed by atoms with Crippen molar-refractivity contribution >= 4 is 39.1 Å². The van der Waals surface area contributed by atoms with Crippen molar-refractivity contribution in [1.82, 2.24) is 4.90 Å². The summed E-state index contributed by atoms with van der Waals surface area (Å²) in [4.78, 5) is 26.7. The molecule has 2 amide bonds. The number of nitrogens with zero attached hydrogens (tertiary/aromatic N) is 1. The van der Waals surface area contributed by atoms with E-state index >= 15 is 0 Å². The van der Waals surface area contributed by atoms with Gasteiger partial charge in [-0.05, 0) is 33.6 Å². The number of imide groups is 1. The lowest BCUT2D eigenvalue weighted by Gasteiger charge is -2.26. The Balaban J connectivity index is 0.000000775. The predicted molar refractivity (Wildman–Crippen MR) is 95.1 cm³/mol. The van der Waals surface area contributed by atoms with Gasteiger partial charge in [0.15, 0.2) is 0 Å². The van der Waals surface area contributed by atoms with Crippen LogP contribution in [0, 0.1) is 0 Å². The molecule has 0 aliphatic carbocycles. The molecule has 0 unspecified atom stereocenters. The Morgan fingerprint density at radius 3 is 2.55 bits per heavy atom. The molecule has 0 spiro atoms. The van der Waals surface area contributed by atoms with Crippen molar-refractivity contribution in [2.24, 2.45) is 0 Å². The molecule has 0 radical (unpaired) electrons. The quantitative estimate of drug-likeness (QED) is 0.693. The molecule has 1 aromatic carbocycles. The SMILES string of the molecule is C.CC.O=C1Cc2ccccc2C(=O)N1Cc1cc(Br)cs1. The highest BCUT2D eigenvalue weighted by Crippen LogP contribution is 2.25. The first-order valence-corrected chi connectivity index (χ1v) is 8.48. The molecular weight excluding hydrogens is 362 g/mol. The van der Waals surface area contributed by atoms with Crippen molar-refractivity contribution < 1.29 is 9.59 Å². The fourth-order valence-electron chi connectivity index (χ4n) is 2.15. The minimum atomic E-state index is -0.198. The molecular formula is C17H20BrNO2S. The molecule has 1 aromatic heterocycles. The Morgan fingerprint density at radius 1 is 1.23 bits per heavy atom. The number of benzene rings is 1. The maximum atomic E-state index is 12.3. The van der Waals surface area contributed by atoms with Gasteiger partial charge >= 0.3 is 0 Å². The lowest BCUT2D eigenvalue weighted by atomic mass is 9.98. The number of hydrogen-bond acceptors (Lipinski definition) is 3. The van der Waals surface area contributed by atoms with E-state index in [0.29, 0.717) is 18.5 Å². The zero-order valence-corrected chi connectivity index (χ0v) is 14.3. The Kier molecular flexibility index (Phi) is 6.97. The summed E-state index contributed by atoms with van der Waals surface area (Å²) >= 11 is 4.91. The summed E-state index contributed by atoms with van der Waals surface area (Å²) in [6.45, 7) is 4.35. The lowest BCUT2D eigenvalue weighted by Crippen LogP contribution is -2.41. The van der Waals surface area contributed by atoms with E-state index in [-0.39, 0.29) is 19.2 Å². The molecule has 0 saturated heterocycles. The molecule has 118 valence electrons. The number of halogens is 1. The Hall–Kier alpha value is -1.46. The van der Waals surface area contributed by atoms with Crippen LogP contribution in [0.25, 0.3) is 0 Å². The summed E-state index contributed by atoms with van der Waals surface area (Å²) in [7, 11) is 0. The van der Waals surface area contributed by atoms with Crippen molar-refractivity contribution in [1.29, 1.82) is 0 Å². The third kappa shape index (κ3) is 3.84. The molecule has 5 heteroatoms. The predicted octanol–water partition coefficient (Wildman–Crippen LogP) is 4.90. The maximum absolute atomic E-state index is 12.3. The number of rotatable bonds is 2. The van der Waals surface area contributed by atoms with Crippen LogP contribution in [0.5, 0.6) is 0 Å². The second kappa shape index (κ2) is 8.25. The summed E-state index contributed by atoms with van der Waals surface area (Å²) in [6.07, 6.45) is 0.300. The van der Waals surface area contributed by atoms with E-state index in [1.54, 1.807) is 6.07 Å². The average molecular weight is 382 g/mol. The average Bonchev–Trinajstić information content (AvgIpc) is 2.91. The minimum absolute atomic E-state index is 0. The van der Waals surface area contributed by atoms with Gasteiger partial charge in [-0.25, -0.2) is 0 Å². The summed E-state index contributed by atoms with van der Waals surface area (Å²) in [6, 6.07) is 9.23. The number of fused-ring (bicyclic) bond motifs is 1. The van der Waals surface area contributed by atoms with Gasteiger partial charge in [-0.2, -0.15) is 0 Å². The Morgan fingerprint density at radius 2 is 1.91 bits per heavy atom. The van der Waals surface area contributed by atoms with E-state index in [1.807, 2.05) is 43.5 Å². The smallest absolute Gasteiger partial charge is 0.261 e. The highest BCUT2D eigenvalue weighted by atomic mass is 79.9. The fraction of sp³-hybridized carbons (Fsp3) is 0.294. The standard InChI is InChI=1S/C14H10BrNO2S.C2H6.CH4/c15-10-6-11(19-8-10)7-16-13(17)5-9-3-1-2-4-12(9)14(16)18;1-2;/h1-4,6,8H,5,7H2;1-2H3;1H4. The second-order valence-electron chi connectivity index (χ2n) is 4.35. The van der Waals surface area contributed by atoms with Gasteiger partial charge in [0.1, 0.15) is 0 Å². The maximum Gasteiger partial charge on any atom is 0.261 e. The lowest BCUT2D eigenvalue weighted by molar-refractivity contribution is -0.128. The van der Waals surface area contributed by atoms with Crippen LogP contribution in [0.2, 0.25) is 0 Å². The highest BCUT2D eigenvalue weighted by Gasteiger charge is 2.30. The van der Waals surface area contributed by atoms with Gasteiger partial charge in [0.2, 0.25) is 5.91 Å². The van der Waals surface area contributed by atoms with Gasteiger partial charge in [0, 0.05) is 20.3 Å². The van der Waals surface area contributed by atoms with E-state index in [0.717, 1.165) is 14.9 Å². The van der Waals surface area contributed by atoms with E-state index in [9.17, 15) is 9.59 Å². The van der Waals surface area contributed by atoms with Crippen LogP contribution >= 0.6 is 27.3 Å². The topological polar surface area (TPSA) is 37.4 Å². The van der Waals surface area contributed by atoms with Crippen molar-refractivity contribution in [3.05, 3.63) is 56.2 Å². The van der Waals surface area contributed by atoms with E-state index in [4.69, 9.17) is 0 Å². The van der Waals surface area contributed by atoms with E-state index in [1.165, 1.54) is 16.2 Å². The van der Waals surface area contributed by atoms with Crippen LogP contribution in [0.3, 0.4) is 0 Å². The van der Waals surface area contributed by atoms with Gasteiger partial charge in [-0.3, -0.25) is 14.5 Å². The number of thiophene rings is 1. The Labute approximate surface area is 144 Å². The molecule has 0 fully saturated rings. The third-order valence-electron chi connectivity index (χ3n) is 3.07. The first-order chi connectivity index (χ1) is 10.1. The fourth-order valence-corrected chi connectivity index (χ4v) is 3.59. The van der Waals surface area contributed by atoms with Crippen LogP contribution in [-0.4, -0.2) is 16.7 Å². The van der Waals surface area contributed by atoms with Crippen molar-refractivity contribution in [2.45, 2.75) is 34.2 Å². The van der Waals surface area contributed by atoms with Crippen LogP contribution in [0.1, 0.15) is 42.1 Å². The van der Waals surface area contributed by atoms with Crippen LogP contribution in [0.4, 0.5) is 0 Å². The van der Waals surface area contributed by atoms with Gasteiger partial charge in [-0.15, -0.1) is 11.3 Å². The molecule has 2 heterocycles. The van der Waals surface area contributed by atoms with Crippen LogP contribution < -0.4 is 0 Å². The van der Waals surface area contributed by atoms with E-state index < -0.39 is 0 Å². The monoisotopic (exact) mass is 381 g/mol. The number of carbonyl (C=O) groups is 2. The molecule has 2 aromatic rings. The summed E-state index contributed by atoms with van der Waals surface area (Å²) in [5.41, 5.74) is 1.46. The molecule has 0 saturated carbocycles. The minimum Gasteiger partial charge on any atom is -0.274 e. The van der Waals surface area contributed by atoms with E-state index in [2.05, 4.69) is 15.9 Å². The zero-order chi connectivity index (χ0) is 15.4. The normalized spacial score (nSPS) is 13.0. The first-order valence-electron chi connectivity index (χ1n) is 6.80. The number of hydrogen-bond donors (Lipinski definition) is 0. The van der Waals surface area contributed by atoms with Crippen LogP contribution in [-0.2, 0) is 17.8 Å². The molecule has 3 rings (SSSR count). The summed E-state index contributed by atoms with van der Waals surface area (Å²) in [5, 5.41) is 1.95. The van der Waals surface area contributed by atoms with Gasteiger partial charge in [0.25, 0.3) is 5.91 Å². The largest absolute Gasteiger partial charge is 0.274 e. The van der Waals surface area contributed by atoms with Crippen molar-refractivity contribution in [3.63, 3.8) is 0 Å². The van der Waals surface area contributed by atoms with Gasteiger partial charge in [0.05, 0.1) is 13.0 Å². The Bertz CT molecular complexity index is 666. The second-order valence-corrected chi connectivity index (χ2v) is 6.26. The summed E-state index contributed by atoms with van der Waals surface area (Å²) in [5.74, 6) is -0.329. The molecule has 3 nitrogen and oxygen atoms in total. The zero-order valence-electron chi connectivity index (χ0n) is 11.9. The van der Waals surface area contributed by atoms with Crippen LogP contribution in [0.15, 0.2) is 40.2 Å². The van der Waals surface area contributed by atoms with Gasteiger partial charge < -0.3 is 0 Å². The molecule has 1 aliphatic rings. The summed E-state index contributed by atoms with van der Waals surface area (Å²) < 4.78 is 0.977. The first kappa shape index (κ1) is 18.6. The molecule has 0 atom stereocenters. The highest BCUT2D eigenvalue weighted by molar-refractivity contribution is 9.10. The van der Waals surface area contributed by atoms with Crippen molar-refractivity contribution in [3.8, 4) is 0 Å². The molecule has 0 N–H and O–H groups in total. The molecule has 0 bridgehead atoms. The number of amides is 2. The molecule has 22 heavy (non-hydrogen) atoms. The number of carbonyl (C=O) groups excluding carboxylic acids is 2. The third-order valence-corrected chi connectivity index (χ3v) is 4.75.